The molecule has 3 saturated carbocycles. The average Bonchev–Trinajstić information content (AvgIpc) is 3.01. The smallest absolute Gasteiger partial charge is 0.216 e. The summed E-state index contributed by atoms with van der Waals surface area (Å²) in [5, 5.41) is 21.0. The van der Waals surface area contributed by atoms with Gasteiger partial charge in [0.2, 0.25) is 6.29 Å². The SMILES string of the molecule is C[C@]12C[C@H](O)[C@H]3[C@@H](CCC4=CC(=O)C=C[C@@]43C)[C@@H]1C[C@H]1OC(O)C(=O)[C@H]12. The topological polar surface area (TPSA) is 83.8 Å². The monoisotopic (exact) mass is 358 g/mol. The number of Topliss-reactive ketones (excluding diaryl/α,β-unsaturated/α-hetero) is 1. The molecule has 0 aromatic heterocycles. The van der Waals surface area contributed by atoms with Crippen LogP contribution in [0.5, 0.6) is 0 Å². The molecule has 0 radical (unpaired) electrons. The van der Waals surface area contributed by atoms with Crippen molar-refractivity contribution in [1.29, 1.82) is 0 Å². The highest BCUT2D eigenvalue weighted by Gasteiger charge is 2.67. The van der Waals surface area contributed by atoms with E-state index in [-0.39, 0.29) is 40.3 Å². The molecule has 0 spiro atoms. The molecule has 4 fully saturated rings. The third-order valence-electron chi connectivity index (χ3n) is 8.35. The number of carbonyl (C=O) groups excluding carboxylic acids is 2. The van der Waals surface area contributed by atoms with Crippen LogP contribution in [0.1, 0.15) is 39.5 Å². The lowest BCUT2D eigenvalue weighted by molar-refractivity contribution is -0.153. The van der Waals surface area contributed by atoms with Gasteiger partial charge in [-0.25, -0.2) is 0 Å². The molecule has 1 aliphatic heterocycles. The fourth-order valence-corrected chi connectivity index (χ4v) is 7.35. The molecular weight excluding hydrogens is 332 g/mol. The van der Waals surface area contributed by atoms with Gasteiger partial charge >= 0.3 is 0 Å². The summed E-state index contributed by atoms with van der Waals surface area (Å²) in [5.41, 5.74) is 0.514. The van der Waals surface area contributed by atoms with Gasteiger partial charge in [-0.15, -0.1) is 0 Å². The normalized spacial score (nSPS) is 55.1. The van der Waals surface area contributed by atoms with Crippen LogP contribution in [0.2, 0.25) is 0 Å². The van der Waals surface area contributed by atoms with Crippen molar-refractivity contribution in [1.82, 2.24) is 0 Å². The number of ketones is 2. The van der Waals surface area contributed by atoms with E-state index in [4.69, 9.17) is 4.74 Å². The summed E-state index contributed by atoms with van der Waals surface area (Å²) in [5.74, 6) is 0.163. The van der Waals surface area contributed by atoms with Crippen LogP contribution in [-0.2, 0) is 14.3 Å². The second-order valence-corrected chi connectivity index (χ2v) is 9.44. The molecule has 5 aliphatic rings. The van der Waals surface area contributed by atoms with E-state index in [1.165, 1.54) is 0 Å². The van der Waals surface area contributed by atoms with Crippen molar-refractivity contribution in [2.75, 3.05) is 0 Å². The molecule has 2 N–H and O–H groups in total. The van der Waals surface area contributed by atoms with Gasteiger partial charge in [0.1, 0.15) is 0 Å². The predicted octanol–water partition coefficient (Wildman–Crippen LogP) is 1.78. The molecule has 5 rings (SSSR count). The van der Waals surface area contributed by atoms with E-state index < -0.39 is 12.4 Å². The Morgan fingerprint density at radius 3 is 2.77 bits per heavy atom. The fraction of sp³-hybridized carbons (Fsp3) is 0.714. The van der Waals surface area contributed by atoms with Crippen molar-refractivity contribution in [3.8, 4) is 0 Å². The van der Waals surface area contributed by atoms with Crippen LogP contribution < -0.4 is 0 Å². The van der Waals surface area contributed by atoms with Gasteiger partial charge in [0.15, 0.2) is 11.6 Å². The van der Waals surface area contributed by atoms with Crippen LogP contribution in [0.25, 0.3) is 0 Å². The highest BCUT2D eigenvalue weighted by Crippen LogP contribution is 2.67. The van der Waals surface area contributed by atoms with Gasteiger partial charge in [0.25, 0.3) is 0 Å². The minimum atomic E-state index is -1.30. The van der Waals surface area contributed by atoms with Crippen molar-refractivity contribution in [3.05, 3.63) is 23.8 Å². The maximum atomic E-state index is 12.5. The molecule has 26 heavy (non-hydrogen) atoms. The summed E-state index contributed by atoms with van der Waals surface area (Å²) in [6, 6.07) is 0. The van der Waals surface area contributed by atoms with Crippen LogP contribution in [0, 0.1) is 34.5 Å². The number of rotatable bonds is 0. The van der Waals surface area contributed by atoms with Gasteiger partial charge in [-0.3, -0.25) is 9.59 Å². The van der Waals surface area contributed by atoms with E-state index in [1.807, 2.05) is 6.08 Å². The summed E-state index contributed by atoms with van der Waals surface area (Å²) in [7, 11) is 0. The molecule has 4 aliphatic carbocycles. The molecule has 0 aromatic carbocycles. The van der Waals surface area contributed by atoms with E-state index in [0.29, 0.717) is 18.3 Å². The van der Waals surface area contributed by atoms with Crippen LogP contribution in [-0.4, -0.2) is 40.3 Å². The van der Waals surface area contributed by atoms with Crippen molar-refractivity contribution in [3.63, 3.8) is 0 Å². The molecular formula is C21H26O5. The Balaban J connectivity index is 1.55. The molecule has 1 saturated heterocycles. The van der Waals surface area contributed by atoms with E-state index in [9.17, 15) is 19.8 Å². The molecule has 0 amide bonds. The molecule has 1 heterocycles. The van der Waals surface area contributed by atoms with Gasteiger partial charge < -0.3 is 14.9 Å². The van der Waals surface area contributed by atoms with Gasteiger partial charge in [0, 0.05) is 11.3 Å². The third-order valence-corrected chi connectivity index (χ3v) is 8.35. The first-order valence-corrected chi connectivity index (χ1v) is 9.75. The van der Waals surface area contributed by atoms with Crippen LogP contribution in [0.4, 0.5) is 0 Å². The second kappa shape index (κ2) is 5.15. The Bertz CT molecular complexity index is 754. The summed E-state index contributed by atoms with van der Waals surface area (Å²) >= 11 is 0. The summed E-state index contributed by atoms with van der Waals surface area (Å²) < 4.78 is 5.57. The number of aliphatic hydroxyl groups is 2. The summed E-state index contributed by atoms with van der Waals surface area (Å²) in [4.78, 5) is 24.4. The first-order chi connectivity index (χ1) is 12.3. The quantitative estimate of drug-likeness (QED) is 0.690. The van der Waals surface area contributed by atoms with E-state index in [1.54, 1.807) is 12.2 Å². The number of hydrogen-bond donors (Lipinski definition) is 2. The van der Waals surface area contributed by atoms with Gasteiger partial charge in [-0.05, 0) is 55.1 Å². The van der Waals surface area contributed by atoms with Crippen LogP contribution in [0.3, 0.4) is 0 Å². The molecule has 9 atom stereocenters. The maximum absolute atomic E-state index is 12.5. The molecule has 5 nitrogen and oxygen atoms in total. The molecule has 5 heteroatoms. The fourth-order valence-electron chi connectivity index (χ4n) is 7.35. The predicted molar refractivity (Wildman–Crippen MR) is 92.8 cm³/mol. The number of ether oxygens (including phenoxy) is 1. The number of fused-ring (bicyclic) bond motifs is 7. The Kier molecular flexibility index (Phi) is 3.34. The maximum Gasteiger partial charge on any atom is 0.216 e. The van der Waals surface area contributed by atoms with E-state index >= 15 is 0 Å². The molecule has 1 unspecified atom stereocenters. The Labute approximate surface area is 153 Å². The first kappa shape index (κ1) is 16.8. The summed E-state index contributed by atoms with van der Waals surface area (Å²) in [6.07, 6.45) is 6.44. The highest BCUT2D eigenvalue weighted by atomic mass is 16.6. The van der Waals surface area contributed by atoms with E-state index in [2.05, 4.69) is 13.8 Å². The summed E-state index contributed by atoms with van der Waals surface area (Å²) in [6.45, 7) is 4.25. The zero-order chi connectivity index (χ0) is 18.4. The van der Waals surface area contributed by atoms with Crippen molar-refractivity contribution >= 4 is 11.6 Å². The van der Waals surface area contributed by atoms with E-state index in [0.717, 1.165) is 24.8 Å². The van der Waals surface area contributed by atoms with Gasteiger partial charge in [0.05, 0.1) is 18.1 Å². The Hall–Kier alpha value is -1.30. The lowest BCUT2D eigenvalue weighted by atomic mass is 9.46. The minimum absolute atomic E-state index is 0.0365. The third kappa shape index (κ3) is 1.92. The zero-order valence-corrected chi connectivity index (χ0v) is 15.2. The molecule has 140 valence electrons. The van der Waals surface area contributed by atoms with Crippen molar-refractivity contribution in [2.24, 2.45) is 34.5 Å². The largest absolute Gasteiger partial charge is 0.393 e. The first-order valence-electron chi connectivity index (χ1n) is 9.75. The van der Waals surface area contributed by atoms with Crippen molar-refractivity contribution < 1.29 is 24.5 Å². The lowest BCUT2D eigenvalue weighted by Crippen LogP contribution is -2.56. The van der Waals surface area contributed by atoms with Crippen LogP contribution >= 0.6 is 0 Å². The van der Waals surface area contributed by atoms with Gasteiger partial charge in [-0.1, -0.05) is 25.5 Å². The number of aliphatic hydroxyl groups excluding tert-OH is 2. The highest BCUT2D eigenvalue weighted by molar-refractivity contribution is 6.01. The van der Waals surface area contributed by atoms with Crippen LogP contribution in [0.15, 0.2) is 23.8 Å². The van der Waals surface area contributed by atoms with Crippen molar-refractivity contribution in [2.45, 2.75) is 58.0 Å². The lowest BCUT2D eigenvalue weighted by Gasteiger charge is -2.58. The number of allylic oxidation sites excluding steroid dienone is 4. The standard InChI is InChI=1S/C21H26O5/c1-20-6-5-11(22)7-10(20)3-4-12-13-8-15-17(18(24)19(25)26-15)21(13,2)9-14(23)16(12)20/h5-7,12-17,19,23,25H,3-4,8-9H2,1-2H3/t12-,13-,14-,15+,16+,17-,19?,20-,21-/m0/s1. The number of hydrogen-bond acceptors (Lipinski definition) is 5. The number of carbonyl (C=O) groups is 2. The Morgan fingerprint density at radius 1 is 1.23 bits per heavy atom. The second-order valence-electron chi connectivity index (χ2n) is 9.44. The average molecular weight is 358 g/mol. The van der Waals surface area contributed by atoms with Gasteiger partial charge in [-0.2, -0.15) is 0 Å². The molecule has 0 aromatic rings. The zero-order valence-electron chi connectivity index (χ0n) is 15.2. The molecule has 0 bridgehead atoms. The Morgan fingerprint density at radius 2 is 2.00 bits per heavy atom. The minimum Gasteiger partial charge on any atom is -0.393 e.